The van der Waals surface area contributed by atoms with Gasteiger partial charge in [0.2, 0.25) is 0 Å². The van der Waals surface area contributed by atoms with Gasteiger partial charge in [0.05, 0.1) is 34.5 Å². The number of morpholine rings is 1. The number of nitro groups is 1. The van der Waals surface area contributed by atoms with Crippen molar-refractivity contribution in [2.24, 2.45) is 0 Å². The smallest absolute Gasteiger partial charge is 0.270 e. The molecule has 1 fully saturated rings. The Balaban J connectivity index is 1.42. The highest BCUT2D eigenvalue weighted by molar-refractivity contribution is 7.19. The summed E-state index contributed by atoms with van der Waals surface area (Å²) in [7, 11) is 1.54. The molecule has 2 unspecified atom stereocenters. The second-order valence-corrected chi connectivity index (χ2v) is 9.11. The first-order valence-corrected chi connectivity index (χ1v) is 11.6. The van der Waals surface area contributed by atoms with E-state index in [1.54, 1.807) is 24.1 Å². The highest BCUT2D eigenvalue weighted by Crippen LogP contribution is 2.30. The van der Waals surface area contributed by atoms with Crippen LogP contribution in [0, 0.1) is 10.1 Å². The number of ether oxygens (including phenoxy) is 3. The lowest BCUT2D eigenvalue weighted by Crippen LogP contribution is -2.49. The van der Waals surface area contributed by atoms with Crippen LogP contribution in [0.4, 0.5) is 5.69 Å². The monoisotopic (exact) mass is 483 g/mol. The Hall–Kier alpha value is -3.50. The van der Waals surface area contributed by atoms with Crippen LogP contribution < -0.4 is 9.47 Å². The summed E-state index contributed by atoms with van der Waals surface area (Å²) in [4.78, 5) is 29.4. The first kappa shape index (κ1) is 23.7. The van der Waals surface area contributed by atoms with Crippen molar-refractivity contribution in [1.29, 1.82) is 0 Å². The van der Waals surface area contributed by atoms with Crippen LogP contribution >= 0.6 is 11.3 Å². The van der Waals surface area contributed by atoms with Gasteiger partial charge in [0, 0.05) is 25.2 Å². The van der Waals surface area contributed by atoms with Gasteiger partial charge in [0.15, 0.2) is 18.1 Å². The third-order valence-electron chi connectivity index (χ3n) is 5.33. The first-order valence-electron chi connectivity index (χ1n) is 10.8. The Labute approximate surface area is 200 Å². The predicted octanol–water partition coefficient (Wildman–Crippen LogP) is 4.40. The van der Waals surface area contributed by atoms with Gasteiger partial charge in [-0.1, -0.05) is 12.1 Å². The van der Waals surface area contributed by atoms with Crippen LogP contribution in [0.1, 0.15) is 24.4 Å². The molecule has 0 aliphatic carbocycles. The zero-order valence-corrected chi connectivity index (χ0v) is 19.9. The third-order valence-corrected chi connectivity index (χ3v) is 6.31. The van der Waals surface area contributed by atoms with Crippen molar-refractivity contribution in [1.82, 2.24) is 9.88 Å². The van der Waals surface area contributed by atoms with Gasteiger partial charge in [-0.2, -0.15) is 0 Å². The van der Waals surface area contributed by atoms with Crippen LogP contribution in [-0.2, 0) is 9.53 Å². The lowest BCUT2D eigenvalue weighted by Gasteiger charge is -2.35. The summed E-state index contributed by atoms with van der Waals surface area (Å²) in [5.41, 5.74) is 1.62. The summed E-state index contributed by atoms with van der Waals surface area (Å²) in [6, 6.07) is 10.1. The minimum Gasteiger partial charge on any atom is -0.493 e. The topological polar surface area (TPSA) is 104 Å². The van der Waals surface area contributed by atoms with E-state index in [4.69, 9.17) is 14.2 Å². The fourth-order valence-electron chi connectivity index (χ4n) is 3.80. The summed E-state index contributed by atoms with van der Waals surface area (Å²) >= 11 is 1.38. The maximum Gasteiger partial charge on any atom is 0.270 e. The van der Waals surface area contributed by atoms with Crippen molar-refractivity contribution >= 4 is 45.3 Å². The number of hydrogen-bond donors (Lipinski definition) is 0. The van der Waals surface area contributed by atoms with E-state index in [9.17, 15) is 14.9 Å². The lowest BCUT2D eigenvalue weighted by molar-refractivity contribution is -0.384. The lowest BCUT2D eigenvalue weighted by atomic mass is 10.2. The van der Waals surface area contributed by atoms with Gasteiger partial charge in [-0.3, -0.25) is 14.9 Å². The van der Waals surface area contributed by atoms with Gasteiger partial charge >= 0.3 is 0 Å². The number of rotatable bonds is 7. The normalized spacial score (nSPS) is 18.4. The van der Waals surface area contributed by atoms with E-state index in [0.29, 0.717) is 30.1 Å². The van der Waals surface area contributed by atoms with Crippen LogP contribution in [-0.4, -0.2) is 59.7 Å². The Bertz CT molecular complexity index is 1230. The van der Waals surface area contributed by atoms with Crippen molar-refractivity contribution in [3.63, 3.8) is 0 Å². The van der Waals surface area contributed by atoms with Crippen molar-refractivity contribution in [2.45, 2.75) is 26.1 Å². The second kappa shape index (κ2) is 10.2. The molecule has 9 nitrogen and oxygen atoms in total. The minimum absolute atomic E-state index is 0.00106. The number of fused-ring (bicyclic) bond motifs is 1. The van der Waals surface area contributed by atoms with Crippen LogP contribution in [0.5, 0.6) is 11.5 Å². The molecule has 0 spiro atoms. The predicted molar refractivity (Wildman–Crippen MR) is 130 cm³/mol. The largest absolute Gasteiger partial charge is 0.493 e. The standard InChI is InChI=1S/C24H25N3O6S/c1-15-12-26(13-16(2)33-15)24(28)14-32-20-8-4-17(10-21(20)31-3)5-9-23-25-19-7-6-18(27(29)30)11-22(19)34-23/h4-11,15-16H,12-14H2,1-3H3. The van der Waals surface area contributed by atoms with E-state index in [1.165, 1.54) is 23.5 Å². The summed E-state index contributed by atoms with van der Waals surface area (Å²) in [5.74, 6) is 0.900. The van der Waals surface area contributed by atoms with Gasteiger partial charge < -0.3 is 19.1 Å². The quantitative estimate of drug-likeness (QED) is 0.362. The van der Waals surface area contributed by atoms with Gasteiger partial charge in [-0.15, -0.1) is 11.3 Å². The van der Waals surface area contributed by atoms with Crippen LogP contribution in [0.15, 0.2) is 36.4 Å². The molecule has 2 heterocycles. The third kappa shape index (κ3) is 5.52. The number of carbonyl (C=O) groups is 1. The molecule has 10 heteroatoms. The number of non-ortho nitro benzene ring substituents is 1. The number of carbonyl (C=O) groups excluding carboxylic acids is 1. The fourth-order valence-corrected chi connectivity index (χ4v) is 4.71. The number of amides is 1. The number of benzene rings is 2. The molecule has 1 saturated heterocycles. The Morgan fingerprint density at radius 2 is 1.97 bits per heavy atom. The van der Waals surface area contributed by atoms with E-state index in [0.717, 1.165) is 15.3 Å². The summed E-state index contributed by atoms with van der Waals surface area (Å²) in [6.07, 6.45) is 3.72. The summed E-state index contributed by atoms with van der Waals surface area (Å²) in [5, 5.41) is 11.7. The molecule has 1 aromatic heterocycles. The molecule has 2 atom stereocenters. The first-order chi connectivity index (χ1) is 16.3. The van der Waals surface area contributed by atoms with Crippen LogP contribution in [0.2, 0.25) is 0 Å². The van der Waals surface area contributed by atoms with Crippen molar-refractivity contribution in [3.8, 4) is 11.5 Å². The molecule has 1 aliphatic rings. The molecule has 1 amide bonds. The number of methoxy groups -OCH3 is 1. The van der Waals surface area contributed by atoms with E-state index in [1.807, 2.05) is 38.1 Å². The van der Waals surface area contributed by atoms with Crippen molar-refractivity contribution in [2.75, 3.05) is 26.8 Å². The molecule has 0 bridgehead atoms. The Morgan fingerprint density at radius 3 is 2.68 bits per heavy atom. The molecule has 2 aromatic carbocycles. The zero-order chi connectivity index (χ0) is 24.2. The maximum atomic E-state index is 12.6. The van der Waals surface area contributed by atoms with E-state index in [-0.39, 0.29) is 30.4 Å². The van der Waals surface area contributed by atoms with E-state index >= 15 is 0 Å². The molecule has 4 rings (SSSR count). The Morgan fingerprint density at radius 1 is 1.21 bits per heavy atom. The van der Waals surface area contributed by atoms with Gasteiger partial charge in [-0.05, 0) is 43.7 Å². The molecule has 3 aromatic rings. The van der Waals surface area contributed by atoms with E-state index < -0.39 is 4.92 Å². The zero-order valence-electron chi connectivity index (χ0n) is 19.1. The molecule has 0 radical (unpaired) electrons. The molecular formula is C24H25N3O6S. The second-order valence-electron chi connectivity index (χ2n) is 8.05. The van der Waals surface area contributed by atoms with Gasteiger partial charge in [0.1, 0.15) is 5.01 Å². The number of thiazole rings is 1. The summed E-state index contributed by atoms with van der Waals surface area (Å²) < 4.78 is 17.6. The van der Waals surface area contributed by atoms with Crippen molar-refractivity contribution < 1.29 is 23.9 Å². The van der Waals surface area contributed by atoms with Gasteiger partial charge in [0.25, 0.3) is 11.6 Å². The number of hydrogen-bond acceptors (Lipinski definition) is 8. The Kier molecular flexibility index (Phi) is 7.09. The number of nitrogens with zero attached hydrogens (tertiary/aromatic N) is 3. The number of aromatic nitrogens is 1. The average molecular weight is 484 g/mol. The molecule has 34 heavy (non-hydrogen) atoms. The highest BCUT2D eigenvalue weighted by Gasteiger charge is 2.26. The van der Waals surface area contributed by atoms with Gasteiger partial charge in [-0.25, -0.2) is 4.98 Å². The summed E-state index contributed by atoms with van der Waals surface area (Å²) in [6.45, 7) is 4.91. The molecule has 178 valence electrons. The SMILES string of the molecule is COc1cc(C=Cc2nc3ccc([N+](=O)[O-])cc3s2)ccc1OCC(=O)N1CC(C)OC(C)C1. The molecule has 1 aliphatic heterocycles. The minimum atomic E-state index is -0.417. The average Bonchev–Trinajstić information content (AvgIpc) is 3.23. The van der Waals surface area contributed by atoms with Crippen molar-refractivity contribution in [3.05, 3.63) is 57.1 Å². The highest BCUT2D eigenvalue weighted by atomic mass is 32.1. The maximum absolute atomic E-state index is 12.6. The van der Waals surface area contributed by atoms with Crippen LogP contribution in [0.25, 0.3) is 22.4 Å². The molecule has 0 N–H and O–H groups in total. The molecule has 0 saturated carbocycles. The van der Waals surface area contributed by atoms with E-state index in [2.05, 4.69) is 4.98 Å². The van der Waals surface area contributed by atoms with Crippen LogP contribution in [0.3, 0.4) is 0 Å². The molecular weight excluding hydrogens is 458 g/mol. The number of nitro benzene ring substituents is 1. The fraction of sp³-hybridized carbons (Fsp3) is 0.333.